The molecule has 156 valence electrons. The lowest BCUT2D eigenvalue weighted by atomic mass is 10.0. The summed E-state index contributed by atoms with van der Waals surface area (Å²) in [6.07, 6.45) is 13.3. The molecule has 0 heterocycles. The molecule has 0 radical (unpaired) electrons. The number of nitrogens with two attached hydrogens (primary N) is 1. The zero-order valence-electron chi connectivity index (χ0n) is 16.7. The molecule has 27 heavy (non-hydrogen) atoms. The maximum Gasteiger partial charge on any atom is 0.311 e. The van der Waals surface area contributed by atoms with E-state index in [1.807, 2.05) is 6.07 Å². The Morgan fingerprint density at radius 2 is 1.41 bits per heavy atom. The summed E-state index contributed by atoms with van der Waals surface area (Å²) in [7, 11) is -2.62. The lowest BCUT2D eigenvalue weighted by Gasteiger charge is -2.07. The Balaban J connectivity index is 0.00000119. The summed E-state index contributed by atoms with van der Waals surface area (Å²) < 4.78 is 31.8. The molecule has 0 aliphatic rings. The fraction of sp³-hybridized carbons (Fsp3) is 0.650. The summed E-state index contributed by atoms with van der Waals surface area (Å²) in [5.74, 6) is 0. The highest BCUT2D eigenvalue weighted by atomic mass is 32.2. The van der Waals surface area contributed by atoms with E-state index in [0.717, 1.165) is 18.4 Å². The molecule has 0 atom stereocenters. The van der Waals surface area contributed by atoms with Crippen molar-refractivity contribution in [1.82, 2.24) is 5.32 Å². The van der Waals surface area contributed by atoms with Crippen LogP contribution < -0.4 is 11.1 Å². The molecular formula is C20H36N2O4S. The number of hydrogen-bond acceptors (Lipinski definition) is 3. The molecule has 0 unspecified atom stereocenters. The molecule has 2 amide bonds. The van der Waals surface area contributed by atoms with Crippen molar-refractivity contribution in [2.24, 2.45) is 5.73 Å². The Hall–Kier alpha value is -1.60. The van der Waals surface area contributed by atoms with E-state index < -0.39 is 16.1 Å². The highest BCUT2D eigenvalue weighted by Crippen LogP contribution is 2.18. The predicted octanol–water partition coefficient (Wildman–Crippen LogP) is 4.68. The molecule has 0 saturated carbocycles. The quantitative estimate of drug-likeness (QED) is 0.349. The number of carbonyl (C=O) groups is 1. The van der Waals surface area contributed by atoms with Crippen molar-refractivity contribution in [1.29, 1.82) is 0 Å². The van der Waals surface area contributed by atoms with Crippen LogP contribution in [0.3, 0.4) is 0 Å². The minimum absolute atomic E-state index is 0.0610. The number of hydrogen-bond donors (Lipinski definition) is 3. The third-order valence-corrected chi connectivity index (χ3v) is 5.25. The third kappa shape index (κ3) is 14.2. The van der Waals surface area contributed by atoms with Gasteiger partial charge in [0.1, 0.15) is 0 Å². The molecule has 0 aromatic heterocycles. The number of carbonyl (C=O) groups excluding carboxylic acids is 1. The van der Waals surface area contributed by atoms with Crippen LogP contribution in [0.5, 0.6) is 0 Å². The molecule has 0 aliphatic carbocycles. The normalized spacial score (nSPS) is 10.8. The first-order chi connectivity index (χ1) is 12.8. The summed E-state index contributed by atoms with van der Waals surface area (Å²) in [6.45, 7) is 2.24. The van der Waals surface area contributed by atoms with Crippen molar-refractivity contribution in [2.45, 2.75) is 82.4 Å². The van der Waals surface area contributed by atoms with Gasteiger partial charge in [-0.15, -0.1) is 0 Å². The van der Waals surface area contributed by atoms with Crippen LogP contribution in [0.2, 0.25) is 0 Å². The standard InChI is InChI=1S/C18H30O3S.C2H6N2O/c1-2-3-4-5-6-7-8-9-10-11-14-17-15-12-13-16-18(17)22(19,20)21;1-4-2(3)5/h12-13,15-16H,2-11,14H2,1H3,(H,19,20,21);1H3,(H3,3,4,5). The summed E-state index contributed by atoms with van der Waals surface area (Å²) >= 11 is 0. The van der Waals surface area contributed by atoms with Crippen LogP contribution >= 0.6 is 0 Å². The maximum absolute atomic E-state index is 11.3. The van der Waals surface area contributed by atoms with Crippen LogP contribution in [0.15, 0.2) is 29.2 Å². The van der Waals surface area contributed by atoms with Crippen molar-refractivity contribution >= 4 is 16.1 Å². The molecule has 0 bridgehead atoms. The van der Waals surface area contributed by atoms with Crippen molar-refractivity contribution < 1.29 is 17.8 Å². The smallest absolute Gasteiger partial charge is 0.311 e. The number of amides is 2. The van der Waals surface area contributed by atoms with Crippen LogP contribution in [-0.4, -0.2) is 26.0 Å². The van der Waals surface area contributed by atoms with Gasteiger partial charge in [-0.3, -0.25) is 4.55 Å². The van der Waals surface area contributed by atoms with Gasteiger partial charge < -0.3 is 11.1 Å². The van der Waals surface area contributed by atoms with Gasteiger partial charge in [-0.2, -0.15) is 8.42 Å². The average Bonchev–Trinajstić information content (AvgIpc) is 2.63. The van der Waals surface area contributed by atoms with E-state index in [9.17, 15) is 17.8 Å². The largest absolute Gasteiger partial charge is 0.352 e. The van der Waals surface area contributed by atoms with E-state index in [1.54, 1.807) is 12.1 Å². The number of benzene rings is 1. The van der Waals surface area contributed by atoms with Crippen molar-refractivity contribution in [3.63, 3.8) is 0 Å². The highest BCUT2D eigenvalue weighted by molar-refractivity contribution is 7.85. The summed E-state index contributed by atoms with van der Waals surface area (Å²) in [5.41, 5.74) is 5.27. The van der Waals surface area contributed by atoms with Gasteiger partial charge in [0.25, 0.3) is 10.1 Å². The maximum atomic E-state index is 11.3. The van der Waals surface area contributed by atoms with E-state index in [4.69, 9.17) is 0 Å². The molecule has 1 aromatic rings. The van der Waals surface area contributed by atoms with Gasteiger partial charge in [0, 0.05) is 7.05 Å². The molecule has 0 saturated heterocycles. The lowest BCUT2D eigenvalue weighted by Crippen LogP contribution is -2.24. The fourth-order valence-electron chi connectivity index (χ4n) is 2.76. The first kappa shape index (κ1) is 25.4. The Labute approximate surface area is 164 Å². The Kier molecular flexibility index (Phi) is 14.5. The van der Waals surface area contributed by atoms with Gasteiger partial charge in [0.15, 0.2) is 0 Å². The van der Waals surface area contributed by atoms with Gasteiger partial charge in [-0.25, -0.2) is 4.79 Å². The Bertz CT molecular complexity index is 618. The first-order valence-electron chi connectivity index (χ1n) is 9.85. The van der Waals surface area contributed by atoms with Gasteiger partial charge in [-0.05, 0) is 24.5 Å². The van der Waals surface area contributed by atoms with E-state index >= 15 is 0 Å². The monoisotopic (exact) mass is 400 g/mol. The van der Waals surface area contributed by atoms with Gasteiger partial charge >= 0.3 is 6.03 Å². The zero-order valence-corrected chi connectivity index (χ0v) is 17.6. The van der Waals surface area contributed by atoms with Gasteiger partial charge in [0.2, 0.25) is 0 Å². The molecule has 4 N–H and O–H groups in total. The molecule has 0 fully saturated rings. The molecule has 0 aliphatic heterocycles. The number of unbranched alkanes of at least 4 members (excludes halogenated alkanes) is 9. The summed E-state index contributed by atoms with van der Waals surface area (Å²) in [6, 6.07) is 6.23. The van der Waals surface area contributed by atoms with Crippen LogP contribution in [-0.2, 0) is 16.5 Å². The molecule has 6 nitrogen and oxygen atoms in total. The van der Waals surface area contributed by atoms with E-state index in [0.29, 0.717) is 6.42 Å². The average molecular weight is 401 g/mol. The number of nitrogens with one attached hydrogen (secondary N) is 1. The van der Waals surface area contributed by atoms with Crippen LogP contribution in [0.25, 0.3) is 0 Å². The number of rotatable bonds is 12. The topological polar surface area (TPSA) is 109 Å². The van der Waals surface area contributed by atoms with Gasteiger partial charge in [0.05, 0.1) is 4.90 Å². The fourth-order valence-corrected chi connectivity index (χ4v) is 3.52. The van der Waals surface area contributed by atoms with Crippen molar-refractivity contribution in [3.8, 4) is 0 Å². The molecule has 1 rings (SSSR count). The SMILES string of the molecule is CCCCCCCCCCCCc1ccccc1S(=O)(=O)O.CNC(N)=O. The minimum Gasteiger partial charge on any atom is -0.352 e. The molecule has 7 heteroatoms. The second kappa shape index (κ2) is 15.5. The number of primary amides is 1. The first-order valence-corrected chi connectivity index (χ1v) is 11.3. The summed E-state index contributed by atoms with van der Waals surface area (Å²) in [5, 5.41) is 2.17. The Morgan fingerprint density at radius 3 is 1.85 bits per heavy atom. The highest BCUT2D eigenvalue weighted by Gasteiger charge is 2.13. The van der Waals surface area contributed by atoms with Crippen LogP contribution in [0, 0.1) is 0 Å². The third-order valence-electron chi connectivity index (χ3n) is 4.30. The van der Waals surface area contributed by atoms with Crippen molar-refractivity contribution in [3.05, 3.63) is 29.8 Å². The molecular weight excluding hydrogens is 364 g/mol. The number of urea groups is 1. The predicted molar refractivity (Wildman–Crippen MR) is 110 cm³/mol. The Morgan fingerprint density at radius 1 is 0.963 bits per heavy atom. The summed E-state index contributed by atoms with van der Waals surface area (Å²) in [4.78, 5) is 9.54. The second-order valence-electron chi connectivity index (χ2n) is 6.63. The minimum atomic E-state index is -4.10. The van der Waals surface area contributed by atoms with Crippen molar-refractivity contribution in [2.75, 3.05) is 7.05 Å². The molecule has 0 spiro atoms. The molecule has 1 aromatic carbocycles. The van der Waals surface area contributed by atoms with Crippen LogP contribution in [0.1, 0.15) is 76.7 Å². The van der Waals surface area contributed by atoms with Gasteiger partial charge in [-0.1, -0.05) is 82.9 Å². The number of aryl methyl sites for hydroxylation is 1. The lowest BCUT2D eigenvalue weighted by molar-refractivity contribution is 0.251. The zero-order chi connectivity index (χ0) is 20.5. The van der Waals surface area contributed by atoms with E-state index in [1.165, 1.54) is 64.5 Å². The van der Waals surface area contributed by atoms with E-state index in [-0.39, 0.29) is 4.90 Å². The van der Waals surface area contributed by atoms with E-state index in [2.05, 4.69) is 18.0 Å². The second-order valence-corrected chi connectivity index (χ2v) is 8.02. The van der Waals surface area contributed by atoms with Crippen LogP contribution in [0.4, 0.5) is 4.79 Å².